The first-order valence-electron chi connectivity index (χ1n) is 10.0. The Balaban J connectivity index is 1.45. The predicted octanol–water partition coefficient (Wildman–Crippen LogP) is 3.72. The van der Waals surface area contributed by atoms with E-state index in [0.717, 1.165) is 5.56 Å². The van der Waals surface area contributed by atoms with Crippen molar-refractivity contribution in [2.75, 3.05) is 17.2 Å². The van der Waals surface area contributed by atoms with Crippen molar-refractivity contribution in [3.05, 3.63) is 77.1 Å². The van der Waals surface area contributed by atoms with Crippen molar-refractivity contribution in [3.8, 4) is 11.5 Å². The van der Waals surface area contributed by atoms with Crippen LogP contribution in [0.3, 0.4) is 0 Å². The number of anilines is 2. The van der Waals surface area contributed by atoms with E-state index in [4.69, 9.17) is 5.73 Å². The van der Waals surface area contributed by atoms with Crippen LogP contribution in [0.5, 0.6) is 11.5 Å². The average molecular weight is 454 g/mol. The van der Waals surface area contributed by atoms with Crippen LogP contribution in [0.15, 0.2) is 54.7 Å². The molecule has 33 heavy (non-hydrogen) atoms. The summed E-state index contributed by atoms with van der Waals surface area (Å²) in [6.45, 7) is 2.03. The molecule has 1 aliphatic heterocycles. The van der Waals surface area contributed by atoms with Crippen LogP contribution < -0.4 is 25.8 Å². The maximum Gasteiger partial charge on any atom is 0.586 e. The number of hydrogen-bond donors (Lipinski definition) is 3. The van der Waals surface area contributed by atoms with Crippen LogP contribution >= 0.6 is 0 Å². The van der Waals surface area contributed by atoms with Gasteiger partial charge in [0.05, 0.1) is 5.56 Å². The third-order valence-electron chi connectivity index (χ3n) is 5.05. The highest BCUT2D eigenvalue weighted by Gasteiger charge is 2.44. The zero-order valence-electron chi connectivity index (χ0n) is 17.5. The largest absolute Gasteiger partial charge is 0.586 e. The van der Waals surface area contributed by atoms with E-state index in [1.54, 1.807) is 43.3 Å². The van der Waals surface area contributed by atoms with E-state index in [2.05, 4.69) is 25.1 Å². The molecule has 0 spiro atoms. The number of amides is 2. The van der Waals surface area contributed by atoms with Crippen LogP contribution in [-0.4, -0.2) is 29.6 Å². The fourth-order valence-corrected chi connectivity index (χ4v) is 3.41. The first-order valence-corrected chi connectivity index (χ1v) is 10.0. The summed E-state index contributed by atoms with van der Waals surface area (Å²) in [5, 5.41) is 5.94. The van der Waals surface area contributed by atoms with E-state index in [1.807, 2.05) is 0 Å². The van der Waals surface area contributed by atoms with Crippen LogP contribution in [0, 0.1) is 6.92 Å². The molecule has 2 heterocycles. The minimum atomic E-state index is -3.74. The highest BCUT2D eigenvalue weighted by molar-refractivity contribution is 6.08. The predicted molar refractivity (Wildman–Crippen MR) is 117 cm³/mol. The first kappa shape index (κ1) is 22.0. The summed E-state index contributed by atoms with van der Waals surface area (Å²) in [4.78, 5) is 28.1. The summed E-state index contributed by atoms with van der Waals surface area (Å²) in [6.07, 6.45) is -1.66. The summed E-state index contributed by atoms with van der Waals surface area (Å²) in [5.74, 6) is -1.23. The molecule has 1 aliphatic rings. The second-order valence-electron chi connectivity index (χ2n) is 7.32. The smallest absolute Gasteiger partial charge is 0.395 e. The third-order valence-corrected chi connectivity index (χ3v) is 5.05. The summed E-state index contributed by atoms with van der Waals surface area (Å²) in [6, 6.07) is 13.1. The summed E-state index contributed by atoms with van der Waals surface area (Å²) in [7, 11) is 0. The van der Waals surface area contributed by atoms with Crippen LogP contribution in [0.4, 0.5) is 20.2 Å². The van der Waals surface area contributed by atoms with Gasteiger partial charge in [-0.05, 0) is 55.3 Å². The number of primary amides is 1. The molecule has 170 valence electrons. The molecule has 4 N–H and O–H groups in total. The molecule has 10 heteroatoms. The molecule has 0 saturated carbocycles. The summed E-state index contributed by atoms with van der Waals surface area (Å²) in [5.41, 5.74) is 7.91. The lowest BCUT2D eigenvalue weighted by molar-refractivity contribution is -0.286. The van der Waals surface area contributed by atoms with Crippen molar-refractivity contribution in [2.45, 2.75) is 19.6 Å². The highest BCUT2D eigenvalue weighted by atomic mass is 19.3. The fraction of sp³-hybridized carbons (Fsp3) is 0.174. The number of ether oxygens (including phenoxy) is 2. The van der Waals surface area contributed by atoms with Gasteiger partial charge in [0, 0.05) is 29.7 Å². The van der Waals surface area contributed by atoms with E-state index in [0.29, 0.717) is 35.5 Å². The molecule has 1 aromatic heterocycles. The van der Waals surface area contributed by atoms with Gasteiger partial charge in [-0.15, -0.1) is 8.78 Å². The van der Waals surface area contributed by atoms with E-state index >= 15 is 0 Å². The minimum absolute atomic E-state index is 0.0897. The maximum absolute atomic E-state index is 13.4. The number of nitrogens with two attached hydrogens (primary N) is 1. The Labute approximate surface area is 187 Å². The molecule has 0 fully saturated rings. The SMILES string of the molecule is Cc1c(NC(=O)c2ccccc2NCCc2ccnc(C(N)=O)c2)ccc2c1OC(F)(F)O2. The molecule has 0 bridgehead atoms. The fourth-order valence-electron chi connectivity index (χ4n) is 3.41. The van der Waals surface area contributed by atoms with Gasteiger partial charge in [-0.25, -0.2) is 0 Å². The summed E-state index contributed by atoms with van der Waals surface area (Å²) < 4.78 is 35.7. The molecule has 4 rings (SSSR count). The van der Waals surface area contributed by atoms with Crippen molar-refractivity contribution in [3.63, 3.8) is 0 Å². The number of pyridine rings is 1. The van der Waals surface area contributed by atoms with Gasteiger partial charge in [0.1, 0.15) is 5.69 Å². The number of para-hydroxylation sites is 1. The van der Waals surface area contributed by atoms with Crippen molar-refractivity contribution in [1.82, 2.24) is 4.98 Å². The third kappa shape index (κ3) is 4.84. The quantitative estimate of drug-likeness (QED) is 0.501. The number of nitrogens with one attached hydrogen (secondary N) is 2. The normalized spacial score (nSPS) is 13.4. The van der Waals surface area contributed by atoms with Crippen LogP contribution in [0.2, 0.25) is 0 Å². The molecule has 0 aliphatic carbocycles. The minimum Gasteiger partial charge on any atom is -0.395 e. The van der Waals surface area contributed by atoms with Gasteiger partial charge in [0.2, 0.25) is 0 Å². The number of fused-ring (bicyclic) bond motifs is 1. The monoisotopic (exact) mass is 454 g/mol. The number of carbonyl (C=O) groups is 2. The molecule has 0 unspecified atom stereocenters. The maximum atomic E-state index is 13.4. The van der Waals surface area contributed by atoms with Gasteiger partial charge in [0.25, 0.3) is 11.8 Å². The molecule has 0 atom stereocenters. The van der Waals surface area contributed by atoms with Crippen molar-refractivity contribution < 1.29 is 27.8 Å². The zero-order valence-corrected chi connectivity index (χ0v) is 17.5. The first-order chi connectivity index (χ1) is 15.7. The number of nitrogens with zero attached hydrogens (tertiary/aromatic N) is 1. The molecule has 0 saturated heterocycles. The van der Waals surface area contributed by atoms with Gasteiger partial charge in [-0.2, -0.15) is 0 Å². The standard InChI is InChI=1S/C23H20F2N4O4/c1-13-16(6-7-19-20(13)33-23(24,25)32-19)29-22(31)15-4-2-3-5-17(15)27-10-8-14-9-11-28-18(12-14)21(26)30/h2-7,9,11-12,27H,8,10H2,1H3,(H2,26,30)(H,29,31). The Hall–Kier alpha value is -4.21. The van der Waals surface area contributed by atoms with Crippen LogP contribution in [-0.2, 0) is 6.42 Å². The lowest BCUT2D eigenvalue weighted by atomic mass is 10.1. The molecular formula is C23H20F2N4O4. The van der Waals surface area contributed by atoms with E-state index in [1.165, 1.54) is 18.3 Å². The Bertz CT molecular complexity index is 1230. The molecule has 3 aromatic rings. The lowest BCUT2D eigenvalue weighted by Crippen LogP contribution is -2.26. The Morgan fingerprint density at radius 3 is 2.67 bits per heavy atom. The summed E-state index contributed by atoms with van der Waals surface area (Å²) >= 11 is 0. The van der Waals surface area contributed by atoms with Crippen LogP contribution in [0.1, 0.15) is 32.0 Å². The molecule has 8 nitrogen and oxygen atoms in total. The number of aromatic nitrogens is 1. The van der Waals surface area contributed by atoms with E-state index < -0.39 is 18.1 Å². The van der Waals surface area contributed by atoms with Gasteiger partial charge < -0.3 is 25.8 Å². The Morgan fingerprint density at radius 1 is 1.09 bits per heavy atom. The van der Waals surface area contributed by atoms with E-state index in [9.17, 15) is 18.4 Å². The zero-order chi connectivity index (χ0) is 23.6. The Morgan fingerprint density at radius 2 is 1.88 bits per heavy atom. The number of halogens is 2. The van der Waals surface area contributed by atoms with Gasteiger partial charge in [-0.1, -0.05) is 12.1 Å². The number of carbonyl (C=O) groups excluding carboxylic acids is 2. The number of rotatable bonds is 7. The molecule has 2 aromatic carbocycles. The molecule has 0 radical (unpaired) electrons. The lowest BCUT2D eigenvalue weighted by Gasteiger charge is -2.14. The van der Waals surface area contributed by atoms with Crippen molar-refractivity contribution >= 4 is 23.2 Å². The molecule has 2 amide bonds. The van der Waals surface area contributed by atoms with Gasteiger partial charge in [-0.3, -0.25) is 14.6 Å². The number of benzene rings is 2. The van der Waals surface area contributed by atoms with Crippen molar-refractivity contribution in [2.24, 2.45) is 5.73 Å². The van der Waals surface area contributed by atoms with E-state index in [-0.39, 0.29) is 17.2 Å². The van der Waals surface area contributed by atoms with Crippen LogP contribution in [0.25, 0.3) is 0 Å². The van der Waals surface area contributed by atoms with Crippen molar-refractivity contribution in [1.29, 1.82) is 0 Å². The number of alkyl halides is 2. The number of hydrogen-bond acceptors (Lipinski definition) is 6. The average Bonchev–Trinajstić information content (AvgIpc) is 3.11. The second kappa shape index (κ2) is 8.73. The topological polar surface area (TPSA) is 116 Å². The molecular weight excluding hydrogens is 434 g/mol. The van der Waals surface area contributed by atoms with Gasteiger partial charge in [0.15, 0.2) is 11.5 Å². The van der Waals surface area contributed by atoms with Gasteiger partial charge >= 0.3 is 6.29 Å². The Kier molecular flexibility index (Phi) is 5.82. The highest BCUT2D eigenvalue weighted by Crippen LogP contribution is 2.45. The second-order valence-corrected chi connectivity index (χ2v) is 7.32.